The molecular formula is C22H26N6O2. The summed E-state index contributed by atoms with van der Waals surface area (Å²) in [5, 5.41) is 13.2. The molecule has 2 amide bonds. The molecule has 8 nitrogen and oxygen atoms in total. The Balaban J connectivity index is 1.73. The molecule has 3 N–H and O–H groups in total. The van der Waals surface area contributed by atoms with Crippen LogP contribution in [-0.2, 0) is 23.1 Å². The number of likely N-dealkylation sites (N-methyl/N-ethyl adjacent to an activating group) is 1. The Morgan fingerprint density at radius 3 is 2.53 bits per heavy atom. The molecule has 0 aliphatic rings. The van der Waals surface area contributed by atoms with E-state index in [2.05, 4.69) is 26.0 Å². The fourth-order valence-corrected chi connectivity index (χ4v) is 3.04. The van der Waals surface area contributed by atoms with Gasteiger partial charge in [-0.05, 0) is 31.0 Å². The van der Waals surface area contributed by atoms with Crippen molar-refractivity contribution in [1.82, 2.24) is 25.4 Å². The van der Waals surface area contributed by atoms with Crippen molar-refractivity contribution >= 4 is 17.6 Å². The summed E-state index contributed by atoms with van der Waals surface area (Å²) in [7, 11) is 1.77. The Morgan fingerprint density at radius 2 is 1.83 bits per heavy atom. The average Bonchev–Trinajstić information content (AvgIpc) is 3.13. The first kappa shape index (κ1) is 21.2. The van der Waals surface area contributed by atoms with Gasteiger partial charge in [0.1, 0.15) is 5.82 Å². The van der Waals surface area contributed by atoms with Crippen LogP contribution < -0.4 is 16.0 Å². The van der Waals surface area contributed by atoms with Crippen LogP contribution in [0.25, 0.3) is 11.3 Å². The summed E-state index contributed by atoms with van der Waals surface area (Å²) in [6, 6.07) is 14.7. The predicted molar refractivity (Wildman–Crippen MR) is 116 cm³/mol. The van der Waals surface area contributed by atoms with E-state index in [9.17, 15) is 9.59 Å². The first-order valence-corrected chi connectivity index (χ1v) is 9.86. The van der Waals surface area contributed by atoms with E-state index in [-0.39, 0.29) is 18.4 Å². The molecule has 2 heterocycles. The highest BCUT2D eigenvalue weighted by Gasteiger charge is 2.21. The summed E-state index contributed by atoms with van der Waals surface area (Å²) in [4.78, 5) is 28.9. The molecule has 0 aliphatic carbocycles. The van der Waals surface area contributed by atoms with Crippen LogP contribution in [0.2, 0.25) is 0 Å². The largest absolute Gasteiger partial charge is 0.355 e. The van der Waals surface area contributed by atoms with Crippen molar-refractivity contribution in [3.05, 3.63) is 66.5 Å². The maximum Gasteiger partial charge on any atom is 0.243 e. The third kappa shape index (κ3) is 5.74. The van der Waals surface area contributed by atoms with Crippen LogP contribution in [0.4, 0.5) is 5.82 Å². The van der Waals surface area contributed by atoms with Crippen molar-refractivity contribution in [3.8, 4) is 11.3 Å². The molecule has 0 fully saturated rings. The van der Waals surface area contributed by atoms with E-state index < -0.39 is 6.04 Å². The molecule has 3 aromatic rings. The third-order valence-corrected chi connectivity index (χ3v) is 4.59. The van der Waals surface area contributed by atoms with Crippen molar-refractivity contribution in [1.29, 1.82) is 0 Å². The van der Waals surface area contributed by atoms with Crippen molar-refractivity contribution in [2.75, 3.05) is 18.4 Å². The number of carbonyl (C=O) groups is 2. The molecular weight excluding hydrogens is 380 g/mol. The number of carbonyl (C=O) groups excluding carboxylic acids is 2. The van der Waals surface area contributed by atoms with Gasteiger partial charge in [-0.3, -0.25) is 24.6 Å². The van der Waals surface area contributed by atoms with Gasteiger partial charge in [-0.15, -0.1) is 0 Å². The lowest BCUT2D eigenvalue weighted by Crippen LogP contribution is -2.46. The van der Waals surface area contributed by atoms with Crippen LogP contribution in [0.1, 0.15) is 12.5 Å². The summed E-state index contributed by atoms with van der Waals surface area (Å²) in [6.45, 7) is 2.46. The lowest BCUT2D eigenvalue weighted by Gasteiger charge is -2.18. The lowest BCUT2D eigenvalue weighted by atomic mass is 10.1. The molecule has 0 saturated heterocycles. The molecule has 0 bridgehead atoms. The molecule has 1 aromatic carbocycles. The smallest absolute Gasteiger partial charge is 0.243 e. The SMILES string of the molecule is CCNC(=O)CN[C@@H](Cc1ccccc1)C(=O)Nc1cc(-c2ccncc2)nn1C. The number of hydrogen-bond acceptors (Lipinski definition) is 5. The quantitative estimate of drug-likeness (QED) is 0.503. The Kier molecular flexibility index (Phi) is 7.29. The fraction of sp³-hybridized carbons (Fsp3) is 0.273. The molecule has 0 radical (unpaired) electrons. The van der Waals surface area contributed by atoms with E-state index in [4.69, 9.17) is 0 Å². The number of hydrogen-bond donors (Lipinski definition) is 3. The van der Waals surface area contributed by atoms with Crippen LogP contribution in [0.3, 0.4) is 0 Å². The van der Waals surface area contributed by atoms with Crippen molar-refractivity contribution in [3.63, 3.8) is 0 Å². The van der Waals surface area contributed by atoms with Crippen LogP contribution in [0.5, 0.6) is 0 Å². The Bertz CT molecular complexity index is 972. The first-order valence-electron chi connectivity index (χ1n) is 9.86. The van der Waals surface area contributed by atoms with E-state index in [1.165, 1.54) is 0 Å². The first-order chi connectivity index (χ1) is 14.6. The number of nitrogens with one attached hydrogen (secondary N) is 3. The minimum absolute atomic E-state index is 0.0619. The van der Waals surface area contributed by atoms with Crippen molar-refractivity contribution in [2.45, 2.75) is 19.4 Å². The lowest BCUT2D eigenvalue weighted by molar-refractivity contribution is -0.121. The number of anilines is 1. The maximum atomic E-state index is 13.0. The van der Waals surface area contributed by atoms with Crippen molar-refractivity contribution in [2.24, 2.45) is 7.05 Å². The van der Waals surface area contributed by atoms with Crippen LogP contribution in [-0.4, -0.2) is 45.7 Å². The van der Waals surface area contributed by atoms with Gasteiger partial charge < -0.3 is 10.6 Å². The topological polar surface area (TPSA) is 101 Å². The summed E-state index contributed by atoms with van der Waals surface area (Å²) in [5.41, 5.74) is 2.66. The van der Waals surface area contributed by atoms with Gasteiger partial charge in [0.05, 0.1) is 18.3 Å². The fourth-order valence-electron chi connectivity index (χ4n) is 3.04. The molecule has 2 aromatic heterocycles. The highest BCUT2D eigenvalue weighted by atomic mass is 16.2. The Hall–Kier alpha value is -3.52. The molecule has 0 aliphatic heterocycles. The number of amides is 2. The van der Waals surface area contributed by atoms with Crippen LogP contribution in [0.15, 0.2) is 60.9 Å². The van der Waals surface area contributed by atoms with Gasteiger partial charge in [0.25, 0.3) is 0 Å². The second kappa shape index (κ2) is 10.3. The zero-order chi connectivity index (χ0) is 21.3. The van der Waals surface area contributed by atoms with Gasteiger partial charge >= 0.3 is 0 Å². The standard InChI is InChI=1S/C22H26N6O2/c1-3-24-21(29)15-25-19(13-16-7-5-4-6-8-16)22(30)26-20-14-18(27-28(20)2)17-9-11-23-12-10-17/h4-12,14,19,25H,3,13,15H2,1-2H3,(H,24,29)(H,26,30)/t19-/m0/s1. The molecule has 8 heteroatoms. The minimum atomic E-state index is -0.575. The number of aromatic nitrogens is 3. The summed E-state index contributed by atoms with van der Waals surface area (Å²) >= 11 is 0. The third-order valence-electron chi connectivity index (χ3n) is 4.59. The molecule has 0 unspecified atom stereocenters. The number of pyridine rings is 1. The molecule has 0 spiro atoms. The molecule has 0 saturated carbocycles. The van der Waals surface area contributed by atoms with Gasteiger partial charge in [-0.1, -0.05) is 30.3 Å². The van der Waals surface area contributed by atoms with E-state index in [1.807, 2.05) is 55.5 Å². The van der Waals surface area contributed by atoms with E-state index in [0.717, 1.165) is 16.8 Å². The van der Waals surface area contributed by atoms with E-state index >= 15 is 0 Å². The van der Waals surface area contributed by atoms with E-state index in [1.54, 1.807) is 24.1 Å². The predicted octanol–water partition coefficient (Wildman–Crippen LogP) is 1.76. The number of nitrogens with zero attached hydrogens (tertiary/aromatic N) is 3. The highest BCUT2D eigenvalue weighted by Crippen LogP contribution is 2.20. The Labute approximate surface area is 175 Å². The summed E-state index contributed by atoms with van der Waals surface area (Å²) in [5.74, 6) is 0.195. The Morgan fingerprint density at radius 1 is 1.10 bits per heavy atom. The summed E-state index contributed by atoms with van der Waals surface area (Å²) in [6.07, 6.45) is 3.86. The molecule has 30 heavy (non-hydrogen) atoms. The second-order valence-corrected chi connectivity index (χ2v) is 6.84. The van der Waals surface area contributed by atoms with Gasteiger partial charge in [-0.2, -0.15) is 5.10 Å². The van der Waals surface area contributed by atoms with E-state index in [0.29, 0.717) is 18.8 Å². The number of benzene rings is 1. The zero-order valence-corrected chi connectivity index (χ0v) is 17.1. The number of aryl methyl sites for hydroxylation is 1. The highest BCUT2D eigenvalue weighted by molar-refractivity contribution is 5.95. The second-order valence-electron chi connectivity index (χ2n) is 6.84. The van der Waals surface area contributed by atoms with Crippen molar-refractivity contribution < 1.29 is 9.59 Å². The zero-order valence-electron chi connectivity index (χ0n) is 17.1. The van der Waals surface area contributed by atoms with Gasteiger partial charge in [-0.25, -0.2) is 0 Å². The summed E-state index contributed by atoms with van der Waals surface area (Å²) < 4.78 is 1.62. The van der Waals surface area contributed by atoms with Gasteiger partial charge in [0, 0.05) is 37.6 Å². The van der Waals surface area contributed by atoms with Crippen LogP contribution in [0, 0.1) is 0 Å². The van der Waals surface area contributed by atoms with Gasteiger partial charge in [0.15, 0.2) is 0 Å². The van der Waals surface area contributed by atoms with Crippen LogP contribution >= 0.6 is 0 Å². The minimum Gasteiger partial charge on any atom is -0.355 e. The average molecular weight is 406 g/mol. The molecule has 156 valence electrons. The van der Waals surface area contributed by atoms with Gasteiger partial charge in [0.2, 0.25) is 11.8 Å². The molecule has 3 rings (SSSR count). The number of rotatable bonds is 9. The molecule has 1 atom stereocenters. The monoisotopic (exact) mass is 406 g/mol. The maximum absolute atomic E-state index is 13.0. The normalized spacial score (nSPS) is 11.7.